The van der Waals surface area contributed by atoms with Crippen LogP contribution in [0.3, 0.4) is 0 Å². The molecule has 0 bridgehead atoms. The summed E-state index contributed by atoms with van der Waals surface area (Å²) < 4.78 is 12.6. The molecule has 0 amide bonds. The molecule has 2 aromatic heterocycles. The Hall–Kier alpha value is -2.01. The minimum Gasteiger partial charge on any atom is -0.331 e. The molecule has 2 heterocycles. The summed E-state index contributed by atoms with van der Waals surface area (Å²) in [4.78, 5) is 12.0. The Kier molecular flexibility index (Phi) is 4.34. The molecule has 0 spiro atoms. The second-order valence-electron chi connectivity index (χ2n) is 5.34. The third-order valence-electron chi connectivity index (χ3n) is 3.79. The first kappa shape index (κ1) is 14.9. The number of nitrogens with one attached hydrogen (secondary N) is 1. The molecule has 1 aromatic carbocycles. The Morgan fingerprint density at radius 1 is 1.23 bits per heavy atom. The number of hydrogen-bond acceptors (Lipinski definition) is 3. The number of aromatic nitrogens is 3. The Morgan fingerprint density at radius 2 is 2.05 bits per heavy atom. The molecule has 0 radical (unpaired) electrons. The predicted octanol–water partition coefficient (Wildman–Crippen LogP) is 3.53. The van der Waals surface area contributed by atoms with E-state index in [9.17, 15) is 4.21 Å². The molecule has 4 nitrogen and oxygen atoms in total. The SMILES string of the molecule is CCCc1ccnc(C[S@](=O)c2nc3ccccc3[nH]2)c1C. The lowest BCUT2D eigenvalue weighted by atomic mass is 10.0. The number of aryl methyl sites for hydroxylation is 1. The Morgan fingerprint density at radius 3 is 2.82 bits per heavy atom. The number of H-pyrrole nitrogens is 1. The molecule has 0 saturated heterocycles. The maximum atomic E-state index is 12.6. The van der Waals surface area contributed by atoms with E-state index in [0.29, 0.717) is 10.9 Å². The number of nitrogens with zero attached hydrogens (tertiary/aromatic N) is 2. The van der Waals surface area contributed by atoms with Crippen molar-refractivity contribution in [3.05, 3.63) is 53.3 Å². The largest absolute Gasteiger partial charge is 0.331 e. The van der Waals surface area contributed by atoms with Gasteiger partial charge in [-0.2, -0.15) is 0 Å². The normalized spacial score (nSPS) is 12.6. The third kappa shape index (κ3) is 2.95. The summed E-state index contributed by atoms with van der Waals surface area (Å²) in [6.45, 7) is 4.22. The molecule has 114 valence electrons. The van der Waals surface area contributed by atoms with E-state index in [1.807, 2.05) is 36.5 Å². The fourth-order valence-corrected chi connectivity index (χ4v) is 3.64. The molecule has 0 saturated carbocycles. The molecule has 0 aliphatic heterocycles. The van der Waals surface area contributed by atoms with E-state index >= 15 is 0 Å². The first-order valence-electron chi connectivity index (χ1n) is 7.45. The third-order valence-corrected chi connectivity index (χ3v) is 4.95. The van der Waals surface area contributed by atoms with Crippen LogP contribution in [0.5, 0.6) is 0 Å². The van der Waals surface area contributed by atoms with Crippen LogP contribution in [0, 0.1) is 6.92 Å². The minimum absolute atomic E-state index is 0.392. The van der Waals surface area contributed by atoms with Gasteiger partial charge >= 0.3 is 0 Å². The van der Waals surface area contributed by atoms with Crippen molar-refractivity contribution in [2.45, 2.75) is 37.6 Å². The van der Waals surface area contributed by atoms with Crippen LogP contribution in [0.25, 0.3) is 11.0 Å². The van der Waals surface area contributed by atoms with E-state index in [4.69, 9.17) is 0 Å². The van der Waals surface area contributed by atoms with Crippen LogP contribution in [-0.4, -0.2) is 19.2 Å². The quantitative estimate of drug-likeness (QED) is 0.784. The molecular formula is C17H19N3OS. The lowest BCUT2D eigenvalue weighted by molar-refractivity contribution is 0.676. The molecule has 1 atom stereocenters. The lowest BCUT2D eigenvalue weighted by Gasteiger charge is -2.08. The molecule has 5 heteroatoms. The second kappa shape index (κ2) is 6.40. The van der Waals surface area contributed by atoms with Crippen molar-refractivity contribution in [1.29, 1.82) is 0 Å². The maximum absolute atomic E-state index is 12.6. The minimum atomic E-state index is -1.22. The van der Waals surface area contributed by atoms with E-state index in [0.717, 1.165) is 35.1 Å². The van der Waals surface area contributed by atoms with E-state index < -0.39 is 10.8 Å². The Balaban J connectivity index is 1.86. The summed E-state index contributed by atoms with van der Waals surface area (Å²) in [6, 6.07) is 9.77. The van der Waals surface area contributed by atoms with Gasteiger partial charge in [0.1, 0.15) is 0 Å². The van der Waals surface area contributed by atoms with Crippen LogP contribution in [0.4, 0.5) is 0 Å². The van der Waals surface area contributed by atoms with Crippen LogP contribution < -0.4 is 0 Å². The van der Waals surface area contributed by atoms with Gasteiger partial charge in [0.15, 0.2) is 5.16 Å². The lowest BCUT2D eigenvalue weighted by Crippen LogP contribution is -2.04. The van der Waals surface area contributed by atoms with Gasteiger partial charge in [0.25, 0.3) is 0 Å². The average molecular weight is 313 g/mol. The zero-order chi connectivity index (χ0) is 15.5. The summed E-state index contributed by atoms with van der Waals surface area (Å²) >= 11 is 0. The Labute approximate surface area is 132 Å². The number of hydrogen-bond donors (Lipinski definition) is 1. The van der Waals surface area contributed by atoms with Crippen LogP contribution in [-0.2, 0) is 23.0 Å². The van der Waals surface area contributed by atoms with E-state index in [1.54, 1.807) is 0 Å². The fraction of sp³-hybridized carbons (Fsp3) is 0.294. The smallest absolute Gasteiger partial charge is 0.197 e. The molecule has 1 N–H and O–H groups in total. The van der Waals surface area contributed by atoms with Crippen molar-refractivity contribution in [3.63, 3.8) is 0 Å². The zero-order valence-electron chi connectivity index (χ0n) is 12.8. The van der Waals surface area contributed by atoms with Crippen LogP contribution in [0.2, 0.25) is 0 Å². The molecule has 0 aliphatic carbocycles. The molecule has 0 fully saturated rings. The maximum Gasteiger partial charge on any atom is 0.197 e. The van der Waals surface area contributed by atoms with Gasteiger partial charge < -0.3 is 4.98 Å². The number of rotatable bonds is 5. The van der Waals surface area contributed by atoms with Crippen molar-refractivity contribution < 1.29 is 4.21 Å². The van der Waals surface area contributed by atoms with Crippen molar-refractivity contribution in [2.75, 3.05) is 0 Å². The highest BCUT2D eigenvalue weighted by atomic mass is 32.2. The zero-order valence-corrected chi connectivity index (χ0v) is 13.6. The number of benzene rings is 1. The van der Waals surface area contributed by atoms with E-state index in [1.165, 1.54) is 5.56 Å². The van der Waals surface area contributed by atoms with Gasteiger partial charge in [-0.05, 0) is 42.7 Å². The second-order valence-corrected chi connectivity index (χ2v) is 6.71. The van der Waals surface area contributed by atoms with Crippen LogP contribution in [0.1, 0.15) is 30.2 Å². The summed E-state index contributed by atoms with van der Waals surface area (Å²) in [5.74, 6) is 0.392. The van der Waals surface area contributed by atoms with Crippen molar-refractivity contribution in [3.8, 4) is 0 Å². The van der Waals surface area contributed by atoms with E-state index in [-0.39, 0.29) is 0 Å². The summed E-state index contributed by atoms with van der Waals surface area (Å²) in [5.41, 5.74) is 5.08. The topological polar surface area (TPSA) is 58.6 Å². The molecule has 0 aliphatic rings. The van der Waals surface area contributed by atoms with Crippen molar-refractivity contribution in [2.24, 2.45) is 0 Å². The monoisotopic (exact) mass is 313 g/mol. The summed E-state index contributed by atoms with van der Waals surface area (Å²) in [6.07, 6.45) is 3.93. The number of imidazole rings is 1. The summed E-state index contributed by atoms with van der Waals surface area (Å²) in [5, 5.41) is 0.517. The van der Waals surface area contributed by atoms with Crippen LogP contribution in [0.15, 0.2) is 41.7 Å². The number of para-hydroxylation sites is 2. The Bertz CT molecular complexity index is 793. The van der Waals surface area contributed by atoms with Gasteiger partial charge in [0, 0.05) is 6.20 Å². The first-order chi connectivity index (χ1) is 10.7. The van der Waals surface area contributed by atoms with Gasteiger partial charge in [-0.15, -0.1) is 0 Å². The highest BCUT2D eigenvalue weighted by Gasteiger charge is 2.14. The van der Waals surface area contributed by atoms with Gasteiger partial charge in [-0.25, -0.2) is 4.98 Å². The molecule has 3 aromatic rings. The molecule has 0 unspecified atom stereocenters. The van der Waals surface area contributed by atoms with E-state index in [2.05, 4.69) is 28.8 Å². The van der Waals surface area contributed by atoms with Crippen LogP contribution >= 0.6 is 0 Å². The number of fused-ring (bicyclic) bond motifs is 1. The highest BCUT2D eigenvalue weighted by molar-refractivity contribution is 7.84. The number of pyridine rings is 1. The fourth-order valence-electron chi connectivity index (χ4n) is 2.54. The average Bonchev–Trinajstić information content (AvgIpc) is 2.95. The molecular weight excluding hydrogens is 294 g/mol. The molecule has 3 rings (SSSR count). The van der Waals surface area contributed by atoms with Gasteiger partial charge in [-0.1, -0.05) is 25.5 Å². The highest BCUT2D eigenvalue weighted by Crippen LogP contribution is 2.18. The standard InChI is InChI=1S/C17H19N3OS/c1-3-6-13-9-10-18-16(12(13)2)11-22(21)17-19-14-7-4-5-8-15(14)20-17/h4-5,7-10H,3,6,11H2,1-2H3,(H,19,20)/t22-/m0/s1. The van der Waals surface area contributed by atoms with Crippen molar-refractivity contribution in [1.82, 2.24) is 15.0 Å². The van der Waals surface area contributed by atoms with Gasteiger partial charge in [0.05, 0.1) is 33.3 Å². The van der Waals surface area contributed by atoms with Gasteiger partial charge in [-0.3, -0.25) is 9.19 Å². The predicted molar refractivity (Wildman–Crippen MR) is 89.2 cm³/mol. The van der Waals surface area contributed by atoms with Crippen molar-refractivity contribution >= 4 is 21.8 Å². The van der Waals surface area contributed by atoms with Gasteiger partial charge in [0.2, 0.25) is 0 Å². The number of aromatic amines is 1. The first-order valence-corrected chi connectivity index (χ1v) is 8.77. The molecule has 22 heavy (non-hydrogen) atoms. The summed E-state index contributed by atoms with van der Waals surface area (Å²) in [7, 11) is -1.22.